The van der Waals surface area contributed by atoms with Crippen molar-refractivity contribution in [2.24, 2.45) is 16.8 Å². The average Bonchev–Trinajstić information content (AvgIpc) is 2.24. The summed E-state index contributed by atoms with van der Waals surface area (Å²) < 4.78 is 0. The zero-order chi connectivity index (χ0) is 13.8. The molecule has 0 radical (unpaired) electrons. The van der Waals surface area contributed by atoms with Crippen LogP contribution in [0.1, 0.15) is 25.7 Å². The number of nitrogens with zero attached hydrogens (tertiary/aromatic N) is 1. The van der Waals surface area contributed by atoms with Gasteiger partial charge in [-0.2, -0.15) is 0 Å². The van der Waals surface area contributed by atoms with Crippen LogP contribution in [-0.4, -0.2) is 39.4 Å². The van der Waals surface area contributed by atoms with E-state index >= 15 is 0 Å². The molecule has 0 spiro atoms. The maximum atomic E-state index is 9.10. The van der Waals surface area contributed by atoms with Crippen molar-refractivity contribution in [1.29, 1.82) is 0 Å². The van der Waals surface area contributed by atoms with Crippen LogP contribution in [0.25, 0.3) is 0 Å². The molecule has 0 heterocycles. The van der Waals surface area contributed by atoms with Crippen LogP contribution in [0.3, 0.4) is 0 Å². The van der Waals surface area contributed by atoms with Crippen LogP contribution in [0.4, 0.5) is 0 Å². The fourth-order valence-electron chi connectivity index (χ4n) is 1.19. The van der Waals surface area contributed by atoms with Gasteiger partial charge in [-0.1, -0.05) is 12.8 Å². The first-order valence-corrected chi connectivity index (χ1v) is 4.80. The van der Waals surface area contributed by atoms with E-state index in [1.54, 1.807) is 0 Å². The van der Waals surface area contributed by atoms with E-state index in [4.69, 9.17) is 41.4 Å². The predicted octanol–water partition coefficient (Wildman–Crippen LogP) is -3.49. The molecule has 9 nitrogen and oxygen atoms in total. The van der Waals surface area contributed by atoms with Crippen LogP contribution in [0.5, 0.6) is 0 Å². The number of carboxylic acid groups (broad SMARTS) is 2. The summed E-state index contributed by atoms with van der Waals surface area (Å²) in [6, 6.07) is 0.562. The first-order chi connectivity index (χ1) is 7.86. The van der Waals surface area contributed by atoms with E-state index in [2.05, 4.69) is 0 Å². The molecule has 0 bridgehead atoms. The van der Waals surface area contributed by atoms with Crippen molar-refractivity contribution in [1.82, 2.24) is 0 Å². The molecule has 0 aromatic heterocycles. The van der Waals surface area contributed by atoms with Gasteiger partial charge in [0.15, 0.2) is 5.34 Å². The van der Waals surface area contributed by atoms with Crippen LogP contribution in [0.2, 0.25) is 0 Å². The van der Waals surface area contributed by atoms with Crippen LogP contribution < -0.4 is 28.4 Å². The smallest absolute Gasteiger partial charge is 1.00 e. The average molecular weight is 526 g/mol. The molecule has 1 aliphatic rings. The zero-order valence-electron chi connectivity index (χ0n) is 9.85. The Morgan fingerprint density at radius 2 is 1.21 bits per heavy atom. The van der Waals surface area contributed by atoms with E-state index < -0.39 is 11.9 Å². The van der Waals surface area contributed by atoms with E-state index in [9.17, 15) is 0 Å². The molecule has 1 saturated carbocycles. The van der Waals surface area contributed by atoms with Crippen LogP contribution in [0, 0.1) is 4.91 Å². The van der Waals surface area contributed by atoms with Crippen molar-refractivity contribution < 1.29 is 63.1 Å². The largest absolute Gasteiger partial charge is 4.00 e. The normalized spacial score (nSPS) is 19.7. The minimum atomic E-state index is -1.82. The number of nitrogens with two attached hydrogens (primary N) is 2. The van der Waals surface area contributed by atoms with Gasteiger partial charge in [0.1, 0.15) is 0 Å². The van der Waals surface area contributed by atoms with Crippen molar-refractivity contribution in [2.45, 2.75) is 37.8 Å². The molecule has 11 heteroatoms. The third kappa shape index (κ3) is 19.9. The monoisotopic (exact) mass is 525 g/mol. The molecule has 0 aliphatic heterocycles. The predicted molar refractivity (Wildman–Crippen MR) is 57.3 cm³/mol. The van der Waals surface area contributed by atoms with E-state index in [1.165, 1.54) is 18.2 Å². The summed E-state index contributed by atoms with van der Waals surface area (Å²) in [5.74, 6) is -3.65. The summed E-state index contributed by atoms with van der Waals surface area (Å²) in [4.78, 5) is 26.3. The molecule has 2 atom stereocenters. The fraction of sp³-hybridized carbons (Fsp3) is 0.750. The second-order valence-electron chi connectivity index (χ2n) is 3.30. The van der Waals surface area contributed by atoms with Gasteiger partial charge in [-0.3, -0.25) is 0 Å². The minimum absolute atomic E-state index is 0. The first kappa shape index (κ1) is 26.9. The Hall–Kier alpha value is -0.572. The molecule has 0 saturated heterocycles. The number of aliphatic carboxylic acids is 2. The summed E-state index contributed by atoms with van der Waals surface area (Å²) in [6.45, 7) is 0. The van der Waals surface area contributed by atoms with Gasteiger partial charge in [-0.25, -0.2) is 9.59 Å². The van der Waals surface area contributed by atoms with E-state index in [0.717, 1.165) is 12.8 Å². The Bertz CT molecular complexity index is 237. The molecule has 1 fully saturated rings. The van der Waals surface area contributed by atoms with E-state index in [0.29, 0.717) is 0 Å². The summed E-state index contributed by atoms with van der Waals surface area (Å²) in [5, 5.41) is 22.7. The van der Waals surface area contributed by atoms with Crippen LogP contribution >= 0.6 is 0 Å². The summed E-state index contributed by atoms with van der Waals surface area (Å²) in [6.07, 6.45) is 4.80. The fourth-order valence-corrected chi connectivity index (χ4v) is 1.19. The van der Waals surface area contributed by atoms with Gasteiger partial charge in [0, 0.05) is 12.1 Å². The molecular formula is C8H17BrN3O6Pt+3. The quantitative estimate of drug-likeness (QED) is 0.123. The Kier molecular flexibility index (Phi) is 24.7. The molecule has 1 aliphatic carbocycles. The second kappa shape index (κ2) is 17.4. The standard InChI is InChI=1S/C6H14N2.C2H2O4.BrH.HNO2.Pt/c7-5-3-1-2-4-6(5)8;3-1(4)2(5)6;;2-1-3;/h5-6H,1-4,7-8H2;(H,3,4)(H,5,6);1H;(H,2,3);/q;;;;+4/p-1. The van der Waals surface area contributed by atoms with Crippen molar-refractivity contribution in [3.63, 3.8) is 0 Å². The molecule has 2 unspecified atom stereocenters. The Labute approximate surface area is 134 Å². The zero-order valence-corrected chi connectivity index (χ0v) is 13.7. The van der Waals surface area contributed by atoms with Gasteiger partial charge < -0.3 is 43.9 Å². The maximum Gasteiger partial charge on any atom is 4.00 e. The van der Waals surface area contributed by atoms with Gasteiger partial charge >= 0.3 is 33.0 Å². The Morgan fingerprint density at radius 1 is 1.00 bits per heavy atom. The van der Waals surface area contributed by atoms with Crippen LogP contribution in [0.15, 0.2) is 5.34 Å². The number of rotatable bonds is 0. The van der Waals surface area contributed by atoms with Gasteiger partial charge in [0.2, 0.25) is 0 Å². The summed E-state index contributed by atoms with van der Waals surface area (Å²) in [7, 11) is 0. The molecular weight excluding hydrogens is 509 g/mol. The van der Waals surface area contributed by atoms with Gasteiger partial charge in [-0.05, 0) is 12.8 Å². The Balaban J connectivity index is -0.0000000928. The van der Waals surface area contributed by atoms with Crippen molar-refractivity contribution in [3.05, 3.63) is 4.91 Å². The van der Waals surface area contributed by atoms with Crippen LogP contribution in [-0.2, 0) is 30.7 Å². The minimum Gasteiger partial charge on any atom is -1.00 e. The summed E-state index contributed by atoms with van der Waals surface area (Å²) >= 11 is 0. The third-order valence-corrected chi connectivity index (χ3v) is 2.06. The molecule has 0 aromatic rings. The van der Waals surface area contributed by atoms with E-state index in [1.807, 2.05) is 0 Å². The van der Waals surface area contributed by atoms with Crippen molar-refractivity contribution in [3.8, 4) is 0 Å². The SMILES string of the molecule is NC1CCCCC1N.O=C(O)C(=O)O.O=NO.[Br-].[Pt+4]. The number of halogens is 1. The number of hydrogen-bond donors (Lipinski definition) is 5. The third-order valence-electron chi connectivity index (χ3n) is 2.06. The maximum absolute atomic E-state index is 9.10. The first-order valence-electron chi connectivity index (χ1n) is 4.80. The van der Waals surface area contributed by atoms with Gasteiger partial charge in [0.05, 0.1) is 0 Å². The molecule has 19 heavy (non-hydrogen) atoms. The molecule has 7 N–H and O–H groups in total. The Morgan fingerprint density at radius 3 is 1.32 bits per heavy atom. The number of carboxylic acids is 2. The molecule has 1 rings (SSSR count). The number of carbonyl (C=O) groups is 2. The summed E-state index contributed by atoms with van der Waals surface area (Å²) in [5.41, 5.74) is 11.3. The topological polar surface area (TPSA) is 176 Å². The molecule has 0 aromatic carbocycles. The molecule has 114 valence electrons. The second-order valence-corrected chi connectivity index (χ2v) is 3.30. The molecule has 0 amide bonds. The van der Waals surface area contributed by atoms with Crippen molar-refractivity contribution in [2.75, 3.05) is 0 Å². The van der Waals surface area contributed by atoms with Gasteiger partial charge in [0.25, 0.3) is 0 Å². The number of hydrogen-bond acceptors (Lipinski definition) is 6. The van der Waals surface area contributed by atoms with Crippen molar-refractivity contribution >= 4 is 11.9 Å². The van der Waals surface area contributed by atoms with E-state index in [-0.39, 0.29) is 50.1 Å². The van der Waals surface area contributed by atoms with Gasteiger partial charge in [-0.15, -0.1) is 4.91 Å².